The summed E-state index contributed by atoms with van der Waals surface area (Å²) in [7, 11) is 0. The van der Waals surface area contributed by atoms with E-state index in [4.69, 9.17) is 5.73 Å². The van der Waals surface area contributed by atoms with E-state index in [0.29, 0.717) is 13.0 Å². The fourth-order valence-corrected chi connectivity index (χ4v) is 2.50. The van der Waals surface area contributed by atoms with Crippen LogP contribution in [-0.2, 0) is 0 Å². The second-order valence-electron chi connectivity index (χ2n) is 4.99. The molecule has 1 amide bonds. The van der Waals surface area contributed by atoms with E-state index in [1.54, 1.807) is 6.92 Å². The molecular weight excluding hydrogens is 276 g/mol. The van der Waals surface area contributed by atoms with Crippen LogP contribution in [0.5, 0.6) is 0 Å². The topological polar surface area (TPSA) is 46.3 Å². The summed E-state index contributed by atoms with van der Waals surface area (Å²) < 4.78 is 53.5. The monoisotopic (exact) mass is 290 g/mol. The largest absolute Gasteiger partial charge is 0.335 e. The van der Waals surface area contributed by atoms with Crippen LogP contribution in [-0.4, -0.2) is 29.9 Å². The van der Waals surface area contributed by atoms with E-state index in [1.165, 1.54) is 4.90 Å². The summed E-state index contributed by atoms with van der Waals surface area (Å²) in [5, 5.41) is 0. The molecule has 1 fully saturated rings. The zero-order valence-corrected chi connectivity index (χ0v) is 10.8. The summed E-state index contributed by atoms with van der Waals surface area (Å²) in [6.45, 7) is 2.24. The van der Waals surface area contributed by atoms with Crippen LogP contribution in [0.1, 0.15) is 23.7 Å². The van der Waals surface area contributed by atoms with Crippen LogP contribution >= 0.6 is 0 Å². The number of carbonyl (C=O) groups excluding carboxylic acids is 1. The summed E-state index contributed by atoms with van der Waals surface area (Å²) in [6.07, 6.45) is 0.587. The maximum absolute atomic E-state index is 13.6. The lowest BCUT2D eigenvalue weighted by molar-refractivity contribution is 0.0730. The predicted molar refractivity (Wildman–Crippen MR) is 63.9 cm³/mol. The van der Waals surface area contributed by atoms with Crippen molar-refractivity contribution in [2.45, 2.75) is 19.4 Å². The summed E-state index contributed by atoms with van der Waals surface area (Å²) in [6, 6.07) is -0.210. The average Bonchev–Trinajstić information content (AvgIpc) is 2.78. The van der Waals surface area contributed by atoms with Gasteiger partial charge in [-0.2, -0.15) is 0 Å². The van der Waals surface area contributed by atoms with E-state index in [-0.39, 0.29) is 24.6 Å². The molecule has 2 N–H and O–H groups in total. The van der Waals surface area contributed by atoms with Gasteiger partial charge in [0.2, 0.25) is 0 Å². The van der Waals surface area contributed by atoms with E-state index < -0.39 is 34.7 Å². The Morgan fingerprint density at radius 3 is 2.30 bits per heavy atom. The van der Waals surface area contributed by atoms with Crippen LogP contribution in [0.3, 0.4) is 0 Å². The molecule has 7 heteroatoms. The second kappa shape index (κ2) is 5.40. The van der Waals surface area contributed by atoms with E-state index in [1.807, 2.05) is 0 Å². The number of rotatable bonds is 2. The number of hydrogen-bond donors (Lipinski definition) is 1. The molecule has 0 aliphatic carbocycles. The van der Waals surface area contributed by atoms with Crippen LogP contribution in [0.15, 0.2) is 6.07 Å². The molecule has 0 bridgehead atoms. The van der Waals surface area contributed by atoms with Crippen molar-refractivity contribution in [1.82, 2.24) is 4.90 Å². The summed E-state index contributed by atoms with van der Waals surface area (Å²) >= 11 is 0. The minimum Gasteiger partial charge on any atom is -0.335 e. The minimum atomic E-state index is -1.67. The lowest BCUT2D eigenvalue weighted by atomic mass is 10.1. The summed E-state index contributed by atoms with van der Waals surface area (Å²) in [4.78, 5) is 13.3. The highest BCUT2D eigenvalue weighted by atomic mass is 19.2. The Balaban J connectivity index is 2.40. The molecule has 1 saturated heterocycles. The maximum Gasteiger partial charge on any atom is 0.260 e. The maximum atomic E-state index is 13.6. The summed E-state index contributed by atoms with van der Waals surface area (Å²) in [5.74, 6) is -7.56. The molecule has 2 atom stereocenters. The lowest BCUT2D eigenvalue weighted by Gasteiger charge is -2.22. The van der Waals surface area contributed by atoms with Crippen LogP contribution in [0, 0.1) is 29.2 Å². The number of likely N-dealkylation sites (tertiary alicyclic amines) is 1. The Morgan fingerprint density at radius 1 is 1.30 bits per heavy atom. The summed E-state index contributed by atoms with van der Waals surface area (Å²) in [5.41, 5.74) is 4.31. The smallest absolute Gasteiger partial charge is 0.260 e. The Morgan fingerprint density at radius 2 is 1.85 bits per heavy atom. The van der Waals surface area contributed by atoms with Gasteiger partial charge in [-0.15, -0.1) is 0 Å². The van der Waals surface area contributed by atoms with Crippen molar-refractivity contribution < 1.29 is 22.4 Å². The molecule has 0 saturated carbocycles. The standard InChI is InChI=1S/C13H14F4N2O/c1-6-2-7(4-18)5-19(6)13(20)10-11(16)8(14)3-9(15)12(10)17/h3,6-7H,2,4-5,18H2,1H3. The van der Waals surface area contributed by atoms with E-state index in [0.717, 1.165) is 0 Å². The molecule has 1 heterocycles. The Kier molecular flexibility index (Phi) is 3.99. The van der Waals surface area contributed by atoms with Crippen molar-refractivity contribution >= 4 is 5.91 Å². The third-order valence-corrected chi connectivity index (χ3v) is 3.58. The predicted octanol–water partition coefficient (Wildman–Crippen LogP) is 2.05. The number of benzene rings is 1. The van der Waals surface area contributed by atoms with Gasteiger partial charge in [0.15, 0.2) is 23.3 Å². The highest BCUT2D eigenvalue weighted by molar-refractivity contribution is 5.95. The van der Waals surface area contributed by atoms with Crippen LogP contribution in [0.4, 0.5) is 17.6 Å². The first-order valence-electron chi connectivity index (χ1n) is 6.20. The molecule has 1 aliphatic rings. The zero-order valence-electron chi connectivity index (χ0n) is 10.8. The number of halogens is 4. The first kappa shape index (κ1) is 14.8. The van der Waals surface area contributed by atoms with Gasteiger partial charge in [0.05, 0.1) is 0 Å². The van der Waals surface area contributed by atoms with Gasteiger partial charge in [-0.25, -0.2) is 17.6 Å². The normalized spacial score (nSPS) is 22.4. The molecule has 1 aromatic carbocycles. The molecule has 3 nitrogen and oxygen atoms in total. The SMILES string of the molecule is CC1CC(CN)CN1C(=O)c1c(F)c(F)cc(F)c1F. The highest BCUT2D eigenvalue weighted by Gasteiger charge is 2.36. The Labute approximate surface area is 113 Å². The van der Waals surface area contributed by atoms with Crippen molar-refractivity contribution in [2.24, 2.45) is 11.7 Å². The molecular formula is C13H14F4N2O. The van der Waals surface area contributed by atoms with Gasteiger partial charge in [-0.1, -0.05) is 0 Å². The minimum absolute atomic E-state index is 0.0125. The van der Waals surface area contributed by atoms with E-state index in [2.05, 4.69) is 0 Å². The van der Waals surface area contributed by atoms with Crippen LogP contribution in [0.2, 0.25) is 0 Å². The van der Waals surface area contributed by atoms with Crippen LogP contribution < -0.4 is 5.73 Å². The van der Waals surface area contributed by atoms with Crippen molar-refractivity contribution in [2.75, 3.05) is 13.1 Å². The molecule has 0 aromatic heterocycles. The van der Waals surface area contributed by atoms with Crippen LogP contribution in [0.25, 0.3) is 0 Å². The molecule has 0 spiro atoms. The fourth-order valence-electron chi connectivity index (χ4n) is 2.50. The van der Waals surface area contributed by atoms with Crippen molar-refractivity contribution in [3.8, 4) is 0 Å². The molecule has 1 aliphatic heterocycles. The number of nitrogens with zero attached hydrogens (tertiary/aromatic N) is 1. The molecule has 2 rings (SSSR count). The van der Waals surface area contributed by atoms with Gasteiger partial charge < -0.3 is 10.6 Å². The molecule has 1 aromatic rings. The van der Waals surface area contributed by atoms with E-state index in [9.17, 15) is 22.4 Å². The number of amides is 1. The molecule has 20 heavy (non-hydrogen) atoms. The average molecular weight is 290 g/mol. The molecule has 0 radical (unpaired) electrons. The molecule has 110 valence electrons. The van der Waals surface area contributed by atoms with Gasteiger partial charge in [0.1, 0.15) is 5.56 Å². The zero-order chi connectivity index (χ0) is 15.0. The third kappa shape index (κ3) is 2.37. The van der Waals surface area contributed by atoms with Crippen molar-refractivity contribution in [3.05, 3.63) is 34.9 Å². The van der Waals surface area contributed by atoms with Gasteiger partial charge in [-0.3, -0.25) is 4.79 Å². The Hall–Kier alpha value is -1.63. The van der Waals surface area contributed by atoms with Gasteiger partial charge in [-0.05, 0) is 25.8 Å². The van der Waals surface area contributed by atoms with Gasteiger partial charge in [0.25, 0.3) is 5.91 Å². The van der Waals surface area contributed by atoms with Crippen molar-refractivity contribution in [1.29, 1.82) is 0 Å². The highest BCUT2D eigenvalue weighted by Crippen LogP contribution is 2.27. The number of hydrogen-bond acceptors (Lipinski definition) is 2. The van der Waals surface area contributed by atoms with Gasteiger partial charge in [0, 0.05) is 18.7 Å². The number of carbonyl (C=O) groups is 1. The lowest BCUT2D eigenvalue weighted by Crippen LogP contribution is -2.36. The first-order chi connectivity index (χ1) is 9.36. The van der Waals surface area contributed by atoms with Gasteiger partial charge >= 0.3 is 0 Å². The van der Waals surface area contributed by atoms with Crippen molar-refractivity contribution in [3.63, 3.8) is 0 Å². The molecule has 2 unspecified atom stereocenters. The second-order valence-corrected chi connectivity index (χ2v) is 4.99. The third-order valence-electron chi connectivity index (χ3n) is 3.58. The quantitative estimate of drug-likeness (QED) is 0.669. The Bertz CT molecular complexity index is 523. The fraction of sp³-hybridized carbons (Fsp3) is 0.462. The first-order valence-corrected chi connectivity index (χ1v) is 6.20. The van der Waals surface area contributed by atoms with E-state index >= 15 is 0 Å². The number of nitrogens with two attached hydrogens (primary N) is 1.